The summed E-state index contributed by atoms with van der Waals surface area (Å²) in [5, 5.41) is 0. The zero-order valence-electron chi connectivity index (χ0n) is 21.0. The number of hydrogen-bond donors (Lipinski definition) is 0. The molecule has 0 heterocycles. The molecule has 0 aliphatic heterocycles. The van der Waals surface area contributed by atoms with Crippen molar-refractivity contribution in [1.82, 2.24) is 0 Å². The van der Waals surface area contributed by atoms with Crippen LogP contribution >= 0.6 is 0 Å². The van der Waals surface area contributed by atoms with E-state index in [4.69, 9.17) is 0 Å². The van der Waals surface area contributed by atoms with Crippen LogP contribution in [0.1, 0.15) is 77.0 Å². The SMILES string of the molecule is FC1CCCC(C2CCC(C3CC(F)C(C(F)(F)OC4CC(F)C(OC(F)(F)F)C(F)C4)C(F)C3)CC2)C1. The zero-order chi connectivity index (χ0) is 27.8. The smallest absolute Gasteiger partial charge is 0.317 e. The summed E-state index contributed by atoms with van der Waals surface area (Å²) in [5.41, 5.74) is 0. The Labute approximate surface area is 216 Å². The van der Waals surface area contributed by atoms with Crippen molar-refractivity contribution in [3.8, 4) is 0 Å². The molecular formula is C26H36F10O2. The van der Waals surface area contributed by atoms with Gasteiger partial charge in [0.05, 0.1) is 6.10 Å². The lowest BCUT2D eigenvalue weighted by atomic mass is 9.65. The molecule has 0 bridgehead atoms. The molecular weight excluding hydrogens is 534 g/mol. The van der Waals surface area contributed by atoms with Gasteiger partial charge in [-0.05, 0) is 81.5 Å². The molecule has 38 heavy (non-hydrogen) atoms. The molecule has 0 aromatic heterocycles. The van der Waals surface area contributed by atoms with Gasteiger partial charge in [-0.25, -0.2) is 22.0 Å². The molecule has 0 saturated heterocycles. The van der Waals surface area contributed by atoms with Gasteiger partial charge >= 0.3 is 12.5 Å². The van der Waals surface area contributed by atoms with Gasteiger partial charge < -0.3 is 4.74 Å². The highest BCUT2D eigenvalue weighted by molar-refractivity contribution is 4.96. The first-order chi connectivity index (χ1) is 17.7. The Bertz CT molecular complexity index is 735. The quantitative estimate of drug-likeness (QED) is 0.299. The van der Waals surface area contributed by atoms with Gasteiger partial charge in [-0.15, -0.1) is 13.2 Å². The Morgan fingerprint density at radius 2 is 1.03 bits per heavy atom. The second kappa shape index (κ2) is 12.0. The predicted molar refractivity (Wildman–Crippen MR) is 118 cm³/mol. The molecule has 6 atom stereocenters. The number of ether oxygens (including phenoxy) is 2. The fourth-order valence-corrected chi connectivity index (χ4v) is 7.47. The van der Waals surface area contributed by atoms with Gasteiger partial charge in [-0.2, -0.15) is 8.78 Å². The van der Waals surface area contributed by atoms with Gasteiger partial charge in [-0.3, -0.25) is 4.74 Å². The second-order valence-corrected chi connectivity index (χ2v) is 11.8. The number of hydrogen-bond acceptors (Lipinski definition) is 2. The molecule has 4 fully saturated rings. The molecule has 0 amide bonds. The molecule has 0 spiro atoms. The molecule has 4 rings (SSSR count). The van der Waals surface area contributed by atoms with Crippen molar-refractivity contribution >= 4 is 0 Å². The molecule has 2 nitrogen and oxygen atoms in total. The molecule has 222 valence electrons. The van der Waals surface area contributed by atoms with E-state index in [0.29, 0.717) is 37.5 Å². The van der Waals surface area contributed by atoms with E-state index in [-0.39, 0.29) is 18.8 Å². The molecule has 4 saturated carbocycles. The maximum atomic E-state index is 15.0. The average molecular weight is 571 g/mol. The van der Waals surface area contributed by atoms with E-state index < -0.39 is 80.2 Å². The van der Waals surface area contributed by atoms with E-state index in [1.807, 2.05) is 0 Å². The molecule has 6 unspecified atom stereocenters. The van der Waals surface area contributed by atoms with Gasteiger partial charge in [0.1, 0.15) is 42.9 Å². The molecule has 0 aromatic carbocycles. The predicted octanol–water partition coefficient (Wildman–Crippen LogP) is 8.38. The van der Waals surface area contributed by atoms with Crippen LogP contribution in [0.3, 0.4) is 0 Å². The summed E-state index contributed by atoms with van der Waals surface area (Å²) in [6, 6.07) is 0. The summed E-state index contributed by atoms with van der Waals surface area (Å²) in [4.78, 5) is 0. The fourth-order valence-electron chi connectivity index (χ4n) is 7.47. The van der Waals surface area contributed by atoms with Crippen LogP contribution in [-0.4, -0.2) is 55.5 Å². The number of rotatable bonds is 6. The Balaban J connectivity index is 1.29. The van der Waals surface area contributed by atoms with Crippen LogP contribution in [0.15, 0.2) is 0 Å². The average Bonchev–Trinajstić information content (AvgIpc) is 2.80. The Hall–Kier alpha value is -0.780. The van der Waals surface area contributed by atoms with Crippen LogP contribution in [0.4, 0.5) is 43.9 Å². The minimum Gasteiger partial charge on any atom is -0.317 e. The van der Waals surface area contributed by atoms with Crippen molar-refractivity contribution < 1.29 is 53.4 Å². The van der Waals surface area contributed by atoms with Gasteiger partial charge in [0.2, 0.25) is 0 Å². The first-order valence-corrected chi connectivity index (χ1v) is 13.7. The molecule has 12 heteroatoms. The minimum absolute atomic E-state index is 0.0218. The zero-order valence-corrected chi connectivity index (χ0v) is 21.0. The van der Waals surface area contributed by atoms with Crippen LogP contribution in [-0.2, 0) is 9.47 Å². The fraction of sp³-hybridized carbons (Fsp3) is 1.00. The van der Waals surface area contributed by atoms with Crippen LogP contribution in [0.2, 0.25) is 0 Å². The summed E-state index contributed by atoms with van der Waals surface area (Å²) in [6.45, 7) is 0. The summed E-state index contributed by atoms with van der Waals surface area (Å²) >= 11 is 0. The van der Waals surface area contributed by atoms with E-state index in [1.54, 1.807) is 0 Å². The third-order valence-electron chi connectivity index (χ3n) is 9.31. The molecule has 0 aromatic rings. The summed E-state index contributed by atoms with van der Waals surface area (Å²) < 4.78 is 147. The van der Waals surface area contributed by atoms with Crippen LogP contribution in [0.5, 0.6) is 0 Å². The van der Waals surface area contributed by atoms with Gasteiger partial charge in [-0.1, -0.05) is 6.42 Å². The topological polar surface area (TPSA) is 18.5 Å². The third-order valence-corrected chi connectivity index (χ3v) is 9.31. The van der Waals surface area contributed by atoms with Gasteiger partial charge in [0.25, 0.3) is 0 Å². The van der Waals surface area contributed by atoms with Crippen molar-refractivity contribution in [1.29, 1.82) is 0 Å². The van der Waals surface area contributed by atoms with Crippen molar-refractivity contribution in [3.05, 3.63) is 0 Å². The van der Waals surface area contributed by atoms with Crippen molar-refractivity contribution in [2.45, 2.75) is 133 Å². The highest BCUT2D eigenvalue weighted by Crippen LogP contribution is 2.50. The van der Waals surface area contributed by atoms with E-state index >= 15 is 8.78 Å². The standard InChI is InChI=1S/C26H36F10O2/c27-17-3-1-2-15(8-17)13-4-6-14(7-5-13)16-9-19(28)23(20(29)10-16)25(32,33)37-18-11-21(30)24(22(31)12-18)38-26(34,35)36/h13-24H,1-12H2. The number of halogens is 10. The lowest BCUT2D eigenvalue weighted by Crippen LogP contribution is -2.53. The Morgan fingerprint density at radius 3 is 1.53 bits per heavy atom. The molecule has 4 aliphatic rings. The highest BCUT2D eigenvalue weighted by atomic mass is 19.4. The van der Waals surface area contributed by atoms with Crippen LogP contribution < -0.4 is 0 Å². The van der Waals surface area contributed by atoms with Crippen molar-refractivity contribution in [3.63, 3.8) is 0 Å². The van der Waals surface area contributed by atoms with Gasteiger partial charge in [0, 0.05) is 12.8 Å². The van der Waals surface area contributed by atoms with Crippen molar-refractivity contribution in [2.75, 3.05) is 0 Å². The highest BCUT2D eigenvalue weighted by Gasteiger charge is 2.57. The summed E-state index contributed by atoms with van der Waals surface area (Å²) in [6.07, 6.45) is -21.1. The monoisotopic (exact) mass is 570 g/mol. The number of alkyl halides is 10. The van der Waals surface area contributed by atoms with Crippen molar-refractivity contribution in [2.24, 2.45) is 29.6 Å². The Kier molecular flexibility index (Phi) is 9.52. The molecule has 0 N–H and O–H groups in total. The normalized spacial score (nSPS) is 45.6. The third kappa shape index (κ3) is 7.29. The maximum Gasteiger partial charge on any atom is 0.522 e. The largest absolute Gasteiger partial charge is 0.522 e. The van der Waals surface area contributed by atoms with E-state index in [1.165, 1.54) is 0 Å². The lowest BCUT2D eigenvalue weighted by Gasteiger charge is -2.44. The van der Waals surface area contributed by atoms with Crippen LogP contribution in [0.25, 0.3) is 0 Å². The second-order valence-electron chi connectivity index (χ2n) is 11.8. The van der Waals surface area contributed by atoms with E-state index in [0.717, 1.165) is 25.7 Å². The van der Waals surface area contributed by atoms with Gasteiger partial charge in [0.15, 0.2) is 0 Å². The maximum absolute atomic E-state index is 15.0. The first kappa shape index (κ1) is 30.2. The Morgan fingerprint density at radius 1 is 0.500 bits per heavy atom. The van der Waals surface area contributed by atoms with E-state index in [2.05, 4.69) is 9.47 Å². The molecule has 0 radical (unpaired) electrons. The summed E-state index contributed by atoms with van der Waals surface area (Å²) in [7, 11) is 0. The van der Waals surface area contributed by atoms with E-state index in [9.17, 15) is 35.1 Å². The van der Waals surface area contributed by atoms with Crippen LogP contribution in [0, 0.1) is 29.6 Å². The first-order valence-electron chi connectivity index (χ1n) is 13.7. The lowest BCUT2D eigenvalue weighted by molar-refractivity contribution is -0.366. The summed E-state index contributed by atoms with van der Waals surface area (Å²) in [5.74, 6) is -2.24. The molecule has 4 aliphatic carbocycles. The minimum atomic E-state index is -5.31.